The fourth-order valence-corrected chi connectivity index (χ4v) is 0.795. The van der Waals surface area contributed by atoms with Crippen LogP contribution < -0.4 is 0 Å². The van der Waals surface area contributed by atoms with E-state index in [4.69, 9.17) is 16.3 Å². The molecule has 2 heteroatoms. The van der Waals surface area contributed by atoms with Gasteiger partial charge in [0.25, 0.3) is 0 Å². The number of halogens is 1. The van der Waals surface area contributed by atoms with Gasteiger partial charge in [-0.15, -0.1) is 11.6 Å². The minimum atomic E-state index is 0.231. The molecule has 0 unspecified atom stereocenters. The van der Waals surface area contributed by atoms with Gasteiger partial charge < -0.3 is 4.74 Å². The smallest absolute Gasteiger partial charge is 0.0471 e. The minimum Gasteiger partial charge on any atom is -0.381 e. The second kappa shape index (κ2) is 5.84. The Morgan fingerprint density at radius 3 is 2.36 bits per heavy atom. The number of alkyl halides is 1. The van der Waals surface area contributed by atoms with Crippen molar-refractivity contribution in [2.45, 2.75) is 33.6 Å². The molecule has 0 aromatic heterocycles. The highest BCUT2D eigenvalue weighted by Crippen LogP contribution is 2.21. The van der Waals surface area contributed by atoms with E-state index in [-0.39, 0.29) is 5.41 Å². The molecule has 1 nitrogen and oxygen atoms in total. The monoisotopic (exact) mass is 178 g/mol. The van der Waals surface area contributed by atoms with Gasteiger partial charge in [0.05, 0.1) is 0 Å². The average molecular weight is 179 g/mol. The van der Waals surface area contributed by atoms with Crippen LogP contribution in [0.25, 0.3) is 0 Å². The predicted molar refractivity (Wildman–Crippen MR) is 50.2 cm³/mol. The molecule has 0 heterocycles. The van der Waals surface area contributed by atoms with E-state index in [1.54, 1.807) is 0 Å². The van der Waals surface area contributed by atoms with Crippen LogP contribution >= 0.6 is 11.6 Å². The van der Waals surface area contributed by atoms with E-state index in [0.29, 0.717) is 5.88 Å². The molecule has 68 valence electrons. The first-order valence-electron chi connectivity index (χ1n) is 4.26. The van der Waals surface area contributed by atoms with Crippen LogP contribution in [0.15, 0.2) is 0 Å². The van der Waals surface area contributed by atoms with Crippen LogP contribution in [0.1, 0.15) is 33.6 Å². The molecule has 0 radical (unpaired) electrons. The van der Waals surface area contributed by atoms with Crippen molar-refractivity contribution in [2.75, 3.05) is 19.1 Å². The van der Waals surface area contributed by atoms with E-state index in [1.807, 2.05) is 0 Å². The molecule has 11 heavy (non-hydrogen) atoms. The molecular formula is C9H19ClO. The molecule has 0 bridgehead atoms. The van der Waals surface area contributed by atoms with Gasteiger partial charge >= 0.3 is 0 Å². The Labute approximate surface area is 75.1 Å². The maximum Gasteiger partial charge on any atom is 0.0471 e. The van der Waals surface area contributed by atoms with Crippen molar-refractivity contribution in [3.63, 3.8) is 0 Å². The molecule has 0 rings (SSSR count). The quantitative estimate of drug-likeness (QED) is 0.449. The summed E-state index contributed by atoms with van der Waals surface area (Å²) in [6.45, 7) is 8.16. The first-order chi connectivity index (χ1) is 5.12. The summed E-state index contributed by atoms with van der Waals surface area (Å²) < 4.78 is 5.36. The van der Waals surface area contributed by atoms with Crippen molar-refractivity contribution in [2.24, 2.45) is 5.41 Å². The second-order valence-electron chi connectivity index (χ2n) is 3.66. The summed E-state index contributed by atoms with van der Waals surface area (Å²) in [7, 11) is 0. The number of hydrogen-bond acceptors (Lipinski definition) is 1. The van der Waals surface area contributed by atoms with Crippen LogP contribution in [-0.4, -0.2) is 19.1 Å². The summed E-state index contributed by atoms with van der Waals surface area (Å²) in [5.74, 6) is 0.711. The van der Waals surface area contributed by atoms with Gasteiger partial charge in [-0.1, -0.05) is 20.8 Å². The third-order valence-corrected chi connectivity index (χ3v) is 2.36. The molecule has 0 amide bonds. The zero-order valence-electron chi connectivity index (χ0n) is 7.82. The normalized spacial score (nSPS) is 12.0. The predicted octanol–water partition coefficient (Wildman–Crippen LogP) is 3.07. The molecule has 0 atom stereocenters. The van der Waals surface area contributed by atoms with Crippen LogP contribution in [0.5, 0.6) is 0 Å². The highest BCUT2D eigenvalue weighted by Gasteiger charge is 2.15. The number of hydrogen-bond donors (Lipinski definition) is 0. The zero-order valence-corrected chi connectivity index (χ0v) is 8.58. The van der Waals surface area contributed by atoms with E-state index in [2.05, 4.69) is 20.8 Å². The second-order valence-corrected chi connectivity index (χ2v) is 3.93. The molecule has 0 aliphatic heterocycles. The third-order valence-electron chi connectivity index (χ3n) is 1.63. The Kier molecular flexibility index (Phi) is 5.98. The molecule has 0 fully saturated rings. The van der Waals surface area contributed by atoms with Crippen molar-refractivity contribution in [1.82, 2.24) is 0 Å². The molecule has 0 spiro atoms. The maximum atomic E-state index is 5.75. The van der Waals surface area contributed by atoms with E-state index in [0.717, 1.165) is 26.1 Å². The molecule has 0 saturated carbocycles. The lowest BCUT2D eigenvalue weighted by Gasteiger charge is -2.20. The van der Waals surface area contributed by atoms with Crippen molar-refractivity contribution in [1.29, 1.82) is 0 Å². The molecule has 0 aromatic carbocycles. The van der Waals surface area contributed by atoms with Gasteiger partial charge in [-0.25, -0.2) is 0 Å². The lowest BCUT2D eigenvalue weighted by atomic mass is 9.93. The molecule has 0 saturated heterocycles. The SMILES string of the molecule is CCCOCCC(C)(C)CCl. The lowest BCUT2D eigenvalue weighted by molar-refractivity contribution is 0.109. The van der Waals surface area contributed by atoms with Gasteiger partial charge in [-0.05, 0) is 18.3 Å². The van der Waals surface area contributed by atoms with Gasteiger partial charge in [-0.2, -0.15) is 0 Å². The molecule has 0 aromatic rings. The first-order valence-corrected chi connectivity index (χ1v) is 4.79. The highest BCUT2D eigenvalue weighted by molar-refractivity contribution is 6.18. The third kappa shape index (κ3) is 6.64. The van der Waals surface area contributed by atoms with Crippen molar-refractivity contribution >= 4 is 11.6 Å². The van der Waals surface area contributed by atoms with Gasteiger partial charge in [0.2, 0.25) is 0 Å². The number of rotatable bonds is 6. The Bertz CT molecular complexity index is 91.6. The Morgan fingerprint density at radius 2 is 1.91 bits per heavy atom. The van der Waals surface area contributed by atoms with Gasteiger partial charge in [0.1, 0.15) is 0 Å². The minimum absolute atomic E-state index is 0.231. The summed E-state index contributed by atoms with van der Waals surface area (Å²) in [6.07, 6.45) is 2.15. The van der Waals surface area contributed by atoms with E-state index in [9.17, 15) is 0 Å². The highest BCUT2D eigenvalue weighted by atomic mass is 35.5. The fourth-order valence-electron chi connectivity index (χ4n) is 0.662. The summed E-state index contributed by atoms with van der Waals surface area (Å²) in [4.78, 5) is 0. The van der Waals surface area contributed by atoms with E-state index in [1.165, 1.54) is 0 Å². The van der Waals surface area contributed by atoms with E-state index >= 15 is 0 Å². The maximum absolute atomic E-state index is 5.75. The van der Waals surface area contributed by atoms with Crippen LogP contribution in [0, 0.1) is 5.41 Å². The van der Waals surface area contributed by atoms with Crippen LogP contribution in [0.4, 0.5) is 0 Å². The van der Waals surface area contributed by atoms with Crippen LogP contribution in [0.3, 0.4) is 0 Å². The molecule has 0 aliphatic rings. The topological polar surface area (TPSA) is 9.23 Å². The first kappa shape index (κ1) is 11.2. The fraction of sp³-hybridized carbons (Fsp3) is 1.00. The Hall–Kier alpha value is 0.250. The Balaban J connectivity index is 3.23. The van der Waals surface area contributed by atoms with E-state index < -0.39 is 0 Å². The van der Waals surface area contributed by atoms with Gasteiger partial charge in [0.15, 0.2) is 0 Å². The van der Waals surface area contributed by atoms with Gasteiger partial charge in [-0.3, -0.25) is 0 Å². The average Bonchev–Trinajstić information content (AvgIpc) is 1.99. The largest absolute Gasteiger partial charge is 0.381 e. The van der Waals surface area contributed by atoms with Crippen molar-refractivity contribution in [3.8, 4) is 0 Å². The lowest BCUT2D eigenvalue weighted by Crippen LogP contribution is -2.16. The zero-order chi connectivity index (χ0) is 8.74. The molecule has 0 aliphatic carbocycles. The summed E-state index contributed by atoms with van der Waals surface area (Å²) >= 11 is 5.75. The Morgan fingerprint density at radius 1 is 1.27 bits per heavy atom. The summed E-state index contributed by atoms with van der Waals surface area (Å²) in [5, 5.41) is 0. The summed E-state index contributed by atoms with van der Waals surface area (Å²) in [6, 6.07) is 0. The van der Waals surface area contributed by atoms with Gasteiger partial charge in [0, 0.05) is 19.1 Å². The number of ether oxygens (including phenoxy) is 1. The standard InChI is InChI=1S/C9H19ClO/c1-4-6-11-7-5-9(2,3)8-10/h4-8H2,1-3H3. The van der Waals surface area contributed by atoms with Crippen LogP contribution in [-0.2, 0) is 4.74 Å². The molecular weight excluding hydrogens is 160 g/mol. The van der Waals surface area contributed by atoms with Crippen LogP contribution in [0.2, 0.25) is 0 Å². The van der Waals surface area contributed by atoms with Crippen molar-refractivity contribution in [3.05, 3.63) is 0 Å². The summed E-state index contributed by atoms with van der Waals surface area (Å²) in [5.41, 5.74) is 0.231. The molecule has 0 N–H and O–H groups in total. The van der Waals surface area contributed by atoms with Crippen molar-refractivity contribution < 1.29 is 4.74 Å².